The molecule has 0 saturated heterocycles. The van der Waals surface area contributed by atoms with E-state index in [1.165, 1.54) is 19.1 Å². The predicted octanol–water partition coefficient (Wildman–Crippen LogP) is -0.265. The second-order valence-electron chi connectivity index (χ2n) is 3.82. The van der Waals surface area contributed by atoms with Gasteiger partial charge < -0.3 is 11.1 Å². The molecule has 1 aromatic carbocycles. The monoisotopic (exact) mass is 275 g/mol. The number of benzene rings is 1. The number of amides is 1. The maximum atomic E-state index is 13.6. The second-order valence-corrected chi connectivity index (χ2v) is 5.56. The zero-order chi connectivity index (χ0) is 13.9. The first-order chi connectivity index (χ1) is 8.20. The Balaban J connectivity index is 2.79. The van der Waals surface area contributed by atoms with Crippen LogP contribution in [0.15, 0.2) is 12.1 Å². The highest BCUT2D eigenvalue weighted by atomic mass is 32.2. The summed E-state index contributed by atoms with van der Waals surface area (Å²) in [4.78, 5) is 11.6. The number of carbonyl (C=O) groups excluding carboxylic acids is 1. The van der Waals surface area contributed by atoms with Gasteiger partial charge in [-0.2, -0.15) is 0 Å². The summed E-state index contributed by atoms with van der Waals surface area (Å²) >= 11 is 0. The van der Waals surface area contributed by atoms with Crippen molar-refractivity contribution < 1.29 is 17.6 Å². The molecule has 0 atom stereocenters. The van der Waals surface area contributed by atoms with Gasteiger partial charge in [0.05, 0.1) is 11.3 Å². The van der Waals surface area contributed by atoms with Crippen molar-refractivity contribution in [1.82, 2.24) is 5.32 Å². The molecule has 8 heteroatoms. The fourth-order valence-electron chi connectivity index (χ4n) is 1.36. The third-order valence-corrected chi connectivity index (χ3v) is 2.97. The van der Waals surface area contributed by atoms with Crippen molar-refractivity contribution in [3.63, 3.8) is 0 Å². The minimum atomic E-state index is -3.66. The van der Waals surface area contributed by atoms with Crippen LogP contribution in [-0.2, 0) is 10.0 Å². The Morgan fingerprint density at radius 2 is 2.06 bits per heavy atom. The van der Waals surface area contributed by atoms with E-state index >= 15 is 0 Å². The normalized spacial score (nSPS) is 11.3. The fourth-order valence-corrected chi connectivity index (χ4v) is 1.75. The molecule has 0 unspecified atom stereocenters. The summed E-state index contributed by atoms with van der Waals surface area (Å²) in [6.45, 7) is 1.29. The van der Waals surface area contributed by atoms with Crippen molar-refractivity contribution in [1.29, 1.82) is 0 Å². The minimum Gasteiger partial charge on any atom is -0.399 e. The average molecular weight is 275 g/mol. The number of carbonyl (C=O) groups is 1. The minimum absolute atomic E-state index is 0.190. The Bertz CT molecular complexity index is 572. The summed E-state index contributed by atoms with van der Waals surface area (Å²) < 4.78 is 34.9. The molecule has 0 aliphatic heterocycles. The number of aryl methyl sites for hydroxylation is 1. The van der Waals surface area contributed by atoms with E-state index in [9.17, 15) is 17.6 Å². The molecule has 5 N–H and O–H groups in total. The number of nitrogen functional groups attached to an aromatic ring is 1. The van der Waals surface area contributed by atoms with Crippen molar-refractivity contribution in [2.75, 3.05) is 18.0 Å². The lowest BCUT2D eigenvalue weighted by atomic mass is 10.1. The van der Waals surface area contributed by atoms with E-state index in [0.717, 1.165) is 0 Å². The molecule has 1 amide bonds. The van der Waals surface area contributed by atoms with E-state index in [0.29, 0.717) is 0 Å². The molecule has 1 aromatic rings. The Morgan fingerprint density at radius 1 is 1.44 bits per heavy atom. The van der Waals surface area contributed by atoms with Crippen molar-refractivity contribution in [2.24, 2.45) is 5.14 Å². The van der Waals surface area contributed by atoms with Gasteiger partial charge in [-0.15, -0.1) is 0 Å². The molecule has 0 spiro atoms. The average Bonchev–Trinajstić information content (AvgIpc) is 2.21. The van der Waals surface area contributed by atoms with Crippen LogP contribution in [0.4, 0.5) is 10.1 Å². The van der Waals surface area contributed by atoms with Gasteiger partial charge in [-0.25, -0.2) is 17.9 Å². The summed E-state index contributed by atoms with van der Waals surface area (Å²) in [5.41, 5.74) is 5.78. The summed E-state index contributed by atoms with van der Waals surface area (Å²) in [6, 6.07) is 2.59. The lowest BCUT2D eigenvalue weighted by Crippen LogP contribution is -2.32. The summed E-state index contributed by atoms with van der Waals surface area (Å²) in [6.07, 6.45) is 0. The van der Waals surface area contributed by atoms with Crippen LogP contribution in [0.3, 0.4) is 0 Å². The molecule has 0 bridgehead atoms. The van der Waals surface area contributed by atoms with Gasteiger partial charge in [0.2, 0.25) is 10.0 Å². The zero-order valence-corrected chi connectivity index (χ0v) is 10.6. The molecule has 0 heterocycles. The Labute approximate surface area is 104 Å². The molecule has 6 nitrogen and oxygen atoms in total. The van der Waals surface area contributed by atoms with Gasteiger partial charge in [-0.05, 0) is 24.6 Å². The van der Waals surface area contributed by atoms with Crippen LogP contribution < -0.4 is 16.2 Å². The molecular weight excluding hydrogens is 261 g/mol. The molecule has 0 aliphatic carbocycles. The van der Waals surface area contributed by atoms with Crippen molar-refractivity contribution >= 4 is 21.6 Å². The first-order valence-corrected chi connectivity index (χ1v) is 6.76. The maximum Gasteiger partial charge on any atom is 0.254 e. The highest BCUT2D eigenvalue weighted by Gasteiger charge is 2.15. The van der Waals surface area contributed by atoms with Gasteiger partial charge in [0, 0.05) is 12.2 Å². The van der Waals surface area contributed by atoms with Gasteiger partial charge in [0.1, 0.15) is 5.82 Å². The van der Waals surface area contributed by atoms with E-state index < -0.39 is 27.5 Å². The first kappa shape index (κ1) is 14.4. The van der Waals surface area contributed by atoms with Crippen LogP contribution in [0.25, 0.3) is 0 Å². The molecule has 0 radical (unpaired) electrons. The van der Waals surface area contributed by atoms with Crippen LogP contribution in [0.2, 0.25) is 0 Å². The molecular formula is C10H14FN3O3S. The second kappa shape index (κ2) is 5.32. The Kier molecular flexibility index (Phi) is 4.25. The van der Waals surface area contributed by atoms with Crippen LogP contribution in [-0.4, -0.2) is 26.6 Å². The fraction of sp³-hybridized carbons (Fsp3) is 0.300. The molecule has 0 fully saturated rings. The topological polar surface area (TPSA) is 115 Å². The Hall–Kier alpha value is -1.67. The van der Waals surface area contributed by atoms with Gasteiger partial charge in [-0.1, -0.05) is 0 Å². The van der Waals surface area contributed by atoms with E-state index in [4.69, 9.17) is 10.9 Å². The summed E-state index contributed by atoms with van der Waals surface area (Å²) in [5.74, 6) is -1.83. The summed E-state index contributed by atoms with van der Waals surface area (Å²) in [5, 5.41) is 7.02. The Morgan fingerprint density at radius 3 is 2.61 bits per heavy atom. The van der Waals surface area contributed by atoms with Gasteiger partial charge in [0.25, 0.3) is 5.91 Å². The van der Waals surface area contributed by atoms with Crippen molar-refractivity contribution in [3.8, 4) is 0 Å². The number of sulfonamides is 1. The SMILES string of the molecule is Cc1cc(N)cc(C(=O)NCCS(N)(=O)=O)c1F. The van der Waals surface area contributed by atoms with E-state index in [1.807, 2.05) is 0 Å². The molecule has 18 heavy (non-hydrogen) atoms. The molecule has 0 aromatic heterocycles. The number of primary sulfonamides is 1. The highest BCUT2D eigenvalue weighted by molar-refractivity contribution is 7.89. The number of nitrogens with two attached hydrogens (primary N) is 2. The van der Waals surface area contributed by atoms with Gasteiger partial charge >= 0.3 is 0 Å². The number of halogens is 1. The van der Waals surface area contributed by atoms with Crippen molar-refractivity contribution in [3.05, 3.63) is 29.1 Å². The molecule has 0 saturated carbocycles. The number of nitrogens with one attached hydrogen (secondary N) is 1. The highest BCUT2D eigenvalue weighted by Crippen LogP contribution is 2.16. The third-order valence-electron chi connectivity index (χ3n) is 2.19. The van der Waals surface area contributed by atoms with Gasteiger partial charge in [-0.3, -0.25) is 4.79 Å². The van der Waals surface area contributed by atoms with Crippen LogP contribution >= 0.6 is 0 Å². The molecule has 1 rings (SSSR count). The number of hydrogen-bond acceptors (Lipinski definition) is 4. The predicted molar refractivity (Wildman–Crippen MR) is 65.9 cm³/mol. The lowest BCUT2D eigenvalue weighted by Gasteiger charge is -2.08. The van der Waals surface area contributed by atoms with Crippen LogP contribution in [0, 0.1) is 12.7 Å². The largest absolute Gasteiger partial charge is 0.399 e. The van der Waals surface area contributed by atoms with E-state index in [1.54, 1.807) is 0 Å². The molecule has 0 aliphatic rings. The lowest BCUT2D eigenvalue weighted by molar-refractivity contribution is 0.0952. The van der Waals surface area contributed by atoms with Crippen LogP contribution in [0.1, 0.15) is 15.9 Å². The number of rotatable bonds is 4. The quantitative estimate of drug-likeness (QED) is 0.656. The van der Waals surface area contributed by atoms with Crippen molar-refractivity contribution in [2.45, 2.75) is 6.92 Å². The third kappa shape index (κ3) is 3.97. The van der Waals surface area contributed by atoms with E-state index in [2.05, 4.69) is 5.32 Å². The zero-order valence-electron chi connectivity index (χ0n) is 9.73. The maximum absolute atomic E-state index is 13.6. The number of anilines is 1. The summed E-state index contributed by atoms with van der Waals surface area (Å²) in [7, 11) is -3.66. The smallest absolute Gasteiger partial charge is 0.254 e. The standard InChI is InChI=1S/C10H14FN3O3S/c1-6-4-7(12)5-8(9(6)11)10(15)14-2-3-18(13,16)17/h4-5H,2-3,12H2,1H3,(H,14,15)(H2,13,16,17). The van der Waals surface area contributed by atoms with E-state index in [-0.39, 0.29) is 23.4 Å². The van der Waals surface area contributed by atoms with Gasteiger partial charge in [0.15, 0.2) is 0 Å². The first-order valence-electron chi connectivity index (χ1n) is 5.05. The number of hydrogen-bond donors (Lipinski definition) is 3. The van der Waals surface area contributed by atoms with Crippen LogP contribution in [0.5, 0.6) is 0 Å². The molecule has 100 valence electrons.